The maximum absolute atomic E-state index is 12.3. The maximum atomic E-state index is 12.3. The first-order chi connectivity index (χ1) is 18.0. The minimum Gasteiger partial charge on any atom is -0.379 e. The summed E-state index contributed by atoms with van der Waals surface area (Å²) in [6.45, 7) is 6.93. The van der Waals surface area contributed by atoms with Crippen LogP contribution in [-0.4, -0.2) is 112 Å². The van der Waals surface area contributed by atoms with Crippen LogP contribution in [-0.2, 0) is 28.5 Å². The topological polar surface area (TPSA) is 141 Å². The molecule has 2 aliphatic heterocycles. The average molecular weight is 547 g/mol. The van der Waals surface area contributed by atoms with Crippen molar-refractivity contribution in [3.05, 3.63) is 0 Å². The summed E-state index contributed by atoms with van der Waals surface area (Å²) in [5.41, 5.74) is 5.02. The van der Waals surface area contributed by atoms with E-state index in [1.54, 1.807) is 0 Å². The number of ether oxygens (including phenoxy) is 4. The van der Waals surface area contributed by atoms with Crippen LogP contribution < -0.4 is 16.4 Å². The first-order valence-corrected chi connectivity index (χ1v) is 14.6. The summed E-state index contributed by atoms with van der Waals surface area (Å²) in [5.74, 6) is 0.660. The highest BCUT2D eigenvalue weighted by Gasteiger charge is 2.47. The Kier molecular flexibility index (Phi) is 16.6. The Balaban J connectivity index is 1.36. The van der Waals surface area contributed by atoms with Gasteiger partial charge in [-0.2, -0.15) is 11.8 Å². The van der Waals surface area contributed by atoms with E-state index in [9.17, 15) is 14.4 Å². The summed E-state index contributed by atoms with van der Waals surface area (Å²) in [5, 5.41) is 6.50. The van der Waals surface area contributed by atoms with Crippen LogP contribution in [0.5, 0.6) is 0 Å². The van der Waals surface area contributed by atoms with Crippen molar-refractivity contribution in [1.82, 2.24) is 15.5 Å². The molecule has 0 aromatic rings. The van der Waals surface area contributed by atoms with Crippen LogP contribution >= 0.6 is 11.8 Å². The van der Waals surface area contributed by atoms with Gasteiger partial charge in [-0.25, -0.2) is 4.79 Å². The number of hydrogen-bond acceptors (Lipinski definition) is 8. The van der Waals surface area contributed by atoms with Gasteiger partial charge in [0.2, 0.25) is 11.8 Å². The van der Waals surface area contributed by atoms with Crippen molar-refractivity contribution in [3.8, 4) is 0 Å². The third kappa shape index (κ3) is 13.2. The van der Waals surface area contributed by atoms with E-state index in [1.807, 2.05) is 16.7 Å². The number of unbranched alkanes of at least 4 members (excludes halogenated alkanes) is 2. The summed E-state index contributed by atoms with van der Waals surface area (Å²) >= 11 is 1.96. The van der Waals surface area contributed by atoms with Crippen LogP contribution in [0.15, 0.2) is 0 Å². The fourth-order valence-electron chi connectivity index (χ4n) is 4.36. The molecule has 2 heterocycles. The Morgan fingerprint density at radius 3 is 2.27 bits per heavy atom. The molecular weight excluding hydrogens is 500 g/mol. The summed E-state index contributed by atoms with van der Waals surface area (Å²) in [7, 11) is 0. The smallest absolute Gasteiger partial charge is 0.318 e. The monoisotopic (exact) mass is 546 g/mol. The summed E-state index contributed by atoms with van der Waals surface area (Å²) in [6, 6.07) is 0.660. The van der Waals surface area contributed by atoms with Gasteiger partial charge < -0.3 is 40.2 Å². The molecule has 0 saturated carbocycles. The number of thioether (sulfide) groups is 1. The van der Waals surface area contributed by atoms with Crippen molar-refractivity contribution in [2.75, 3.05) is 71.7 Å². The Hall–Kier alpha value is -1.60. The van der Waals surface area contributed by atoms with Gasteiger partial charge in [-0.3, -0.25) is 9.59 Å². The highest BCUT2D eigenvalue weighted by atomic mass is 32.2. The van der Waals surface area contributed by atoms with Crippen molar-refractivity contribution >= 4 is 29.6 Å². The molecule has 12 heteroatoms. The minimum atomic E-state index is -0.376. The average Bonchev–Trinajstić information content (AvgIpc) is 3.40. The summed E-state index contributed by atoms with van der Waals surface area (Å²) in [6.07, 6.45) is 5.74. The number of carbonyl (C=O) groups excluding carboxylic acids is 3. The molecule has 2 saturated heterocycles. The van der Waals surface area contributed by atoms with Crippen molar-refractivity contribution < 1.29 is 33.3 Å². The fourth-order valence-corrected chi connectivity index (χ4v) is 5.96. The SMILES string of the molecule is CCCCN1C(=O)NC2CS[C@@H](CCCCC(=O)NCCOCCOCCOCCOCCC(N)=O)C21. The number of nitrogens with two attached hydrogens (primary N) is 1. The van der Waals surface area contributed by atoms with E-state index < -0.39 is 0 Å². The number of carbonyl (C=O) groups is 3. The van der Waals surface area contributed by atoms with Gasteiger partial charge >= 0.3 is 6.03 Å². The van der Waals surface area contributed by atoms with Gasteiger partial charge in [0.1, 0.15) is 0 Å². The maximum Gasteiger partial charge on any atom is 0.318 e. The van der Waals surface area contributed by atoms with Gasteiger partial charge in [-0.1, -0.05) is 19.8 Å². The molecule has 2 aliphatic rings. The fraction of sp³-hybridized carbons (Fsp3) is 0.880. The predicted molar refractivity (Wildman–Crippen MR) is 143 cm³/mol. The predicted octanol–water partition coefficient (Wildman–Crippen LogP) is 1.28. The van der Waals surface area contributed by atoms with Gasteiger partial charge in [0, 0.05) is 36.9 Å². The Bertz CT molecular complexity index is 673. The molecule has 0 aromatic heterocycles. The molecule has 2 rings (SSSR count). The molecule has 2 unspecified atom stereocenters. The third-order valence-electron chi connectivity index (χ3n) is 6.29. The van der Waals surface area contributed by atoms with Crippen LogP contribution in [0.2, 0.25) is 0 Å². The van der Waals surface area contributed by atoms with Crippen LogP contribution in [0.3, 0.4) is 0 Å². The molecule has 0 spiro atoms. The van der Waals surface area contributed by atoms with Crippen LogP contribution in [0.4, 0.5) is 4.79 Å². The van der Waals surface area contributed by atoms with Gasteiger partial charge in [-0.05, 0) is 19.3 Å². The summed E-state index contributed by atoms with van der Waals surface area (Å²) in [4.78, 5) is 36.9. The van der Waals surface area contributed by atoms with E-state index in [2.05, 4.69) is 17.6 Å². The van der Waals surface area contributed by atoms with E-state index in [4.69, 9.17) is 24.7 Å². The number of nitrogens with zero attached hydrogens (tertiary/aromatic N) is 1. The number of primary amides is 1. The van der Waals surface area contributed by atoms with Crippen LogP contribution in [0, 0.1) is 0 Å². The van der Waals surface area contributed by atoms with Crippen molar-refractivity contribution in [2.45, 2.75) is 69.2 Å². The number of amides is 4. The first-order valence-electron chi connectivity index (χ1n) is 13.6. The Morgan fingerprint density at radius 1 is 0.973 bits per heavy atom. The minimum absolute atomic E-state index is 0.0508. The van der Waals surface area contributed by atoms with E-state index in [-0.39, 0.29) is 30.3 Å². The molecule has 0 radical (unpaired) electrons. The molecular formula is C25H46N4O7S. The highest BCUT2D eigenvalue weighted by Crippen LogP contribution is 2.37. The molecule has 0 aromatic carbocycles. The molecule has 11 nitrogen and oxygen atoms in total. The zero-order chi connectivity index (χ0) is 26.7. The second-order valence-corrected chi connectivity index (χ2v) is 10.5. The van der Waals surface area contributed by atoms with E-state index >= 15 is 0 Å². The van der Waals surface area contributed by atoms with Crippen molar-refractivity contribution in [3.63, 3.8) is 0 Å². The first kappa shape index (κ1) is 31.6. The second kappa shape index (κ2) is 19.5. The van der Waals surface area contributed by atoms with Crippen LogP contribution in [0.1, 0.15) is 51.9 Å². The lowest BCUT2D eigenvalue weighted by molar-refractivity contribution is -0.121. The molecule has 0 bridgehead atoms. The Morgan fingerprint density at radius 2 is 1.62 bits per heavy atom. The van der Waals surface area contributed by atoms with Gasteiger partial charge in [-0.15, -0.1) is 0 Å². The number of nitrogens with one attached hydrogen (secondary N) is 2. The van der Waals surface area contributed by atoms with E-state index in [0.717, 1.165) is 44.4 Å². The lowest BCUT2D eigenvalue weighted by Gasteiger charge is -2.27. The van der Waals surface area contributed by atoms with Gasteiger partial charge in [0.15, 0.2) is 0 Å². The Labute approximate surface area is 225 Å². The largest absolute Gasteiger partial charge is 0.379 e. The lowest BCUT2D eigenvalue weighted by atomic mass is 10.0. The normalized spacial score (nSPS) is 20.7. The molecule has 3 atom stereocenters. The zero-order valence-electron chi connectivity index (χ0n) is 22.3. The third-order valence-corrected chi connectivity index (χ3v) is 7.78. The number of urea groups is 1. The lowest BCUT2D eigenvalue weighted by Crippen LogP contribution is -2.41. The van der Waals surface area contributed by atoms with Crippen molar-refractivity contribution in [1.29, 1.82) is 0 Å². The number of fused-ring (bicyclic) bond motifs is 1. The molecule has 37 heavy (non-hydrogen) atoms. The molecule has 2 fully saturated rings. The molecule has 0 aliphatic carbocycles. The van der Waals surface area contributed by atoms with Gasteiger partial charge in [0.05, 0.1) is 64.9 Å². The number of rotatable bonds is 23. The molecule has 4 amide bonds. The molecule has 4 N–H and O–H groups in total. The van der Waals surface area contributed by atoms with E-state index in [1.165, 1.54) is 0 Å². The highest BCUT2D eigenvalue weighted by molar-refractivity contribution is 8.00. The summed E-state index contributed by atoms with van der Waals surface area (Å²) < 4.78 is 21.4. The zero-order valence-corrected chi connectivity index (χ0v) is 23.1. The molecule has 214 valence electrons. The quantitative estimate of drug-likeness (QED) is 0.129. The van der Waals surface area contributed by atoms with Gasteiger partial charge in [0.25, 0.3) is 0 Å². The van der Waals surface area contributed by atoms with Crippen molar-refractivity contribution in [2.24, 2.45) is 5.73 Å². The van der Waals surface area contributed by atoms with Crippen LogP contribution in [0.25, 0.3) is 0 Å². The van der Waals surface area contributed by atoms with E-state index in [0.29, 0.717) is 77.1 Å². The number of hydrogen-bond donors (Lipinski definition) is 3. The standard InChI is InChI=1S/C25H46N4O7S/c1-2-3-10-29-24-20(28-25(29)32)19-37-21(24)6-4-5-7-23(31)27-9-12-34-14-16-36-18-17-35-15-13-33-11-8-22(26)30/h20-21,24H,2-19H2,1H3,(H2,26,30)(H,27,31)(H,28,32)/t20?,21-,24?/m0/s1. The second-order valence-electron chi connectivity index (χ2n) is 9.23.